The number of aromatic hydroxyl groups is 1. The van der Waals surface area contributed by atoms with Gasteiger partial charge in [0.25, 0.3) is 0 Å². The van der Waals surface area contributed by atoms with Gasteiger partial charge in [-0.25, -0.2) is 0 Å². The summed E-state index contributed by atoms with van der Waals surface area (Å²) < 4.78 is 0. The number of hydrogen-bond acceptors (Lipinski definition) is 4. The molecule has 26 heavy (non-hydrogen) atoms. The van der Waals surface area contributed by atoms with E-state index in [0.717, 1.165) is 22.2 Å². The van der Waals surface area contributed by atoms with Gasteiger partial charge in [-0.3, -0.25) is 9.97 Å². The first-order valence-corrected chi connectivity index (χ1v) is 8.52. The van der Waals surface area contributed by atoms with Crippen LogP contribution in [0.4, 0.5) is 5.69 Å². The Kier molecular flexibility index (Phi) is 4.23. The van der Waals surface area contributed by atoms with Crippen molar-refractivity contribution in [3.05, 3.63) is 95.9 Å². The summed E-state index contributed by atoms with van der Waals surface area (Å²) in [6.45, 7) is 2.06. The van der Waals surface area contributed by atoms with E-state index in [2.05, 4.69) is 34.3 Å². The lowest BCUT2D eigenvalue weighted by Gasteiger charge is -2.22. The molecule has 0 saturated carbocycles. The third kappa shape index (κ3) is 3.09. The summed E-state index contributed by atoms with van der Waals surface area (Å²) in [5, 5.41) is 15.3. The molecule has 2 aromatic carbocycles. The molecule has 4 rings (SSSR count). The minimum absolute atomic E-state index is 0.199. The summed E-state index contributed by atoms with van der Waals surface area (Å²) in [6.07, 6.45) is 5.21. The number of rotatable bonds is 4. The Morgan fingerprint density at radius 1 is 0.885 bits per heavy atom. The largest absolute Gasteiger partial charge is 0.505 e. The second-order valence-electron chi connectivity index (χ2n) is 6.30. The molecule has 0 amide bonds. The van der Waals surface area contributed by atoms with E-state index in [4.69, 9.17) is 0 Å². The Morgan fingerprint density at radius 2 is 1.65 bits per heavy atom. The zero-order chi connectivity index (χ0) is 17.9. The maximum absolute atomic E-state index is 10.9. The number of phenolic OH excluding ortho intramolecular Hbond substituents is 1. The number of benzene rings is 2. The van der Waals surface area contributed by atoms with Crippen LogP contribution in [0.5, 0.6) is 5.75 Å². The molecule has 1 unspecified atom stereocenters. The van der Waals surface area contributed by atoms with E-state index >= 15 is 0 Å². The SMILES string of the molecule is Cc1ccc(NC(c2ccncc2)c2ccc3cccnc3c2O)cc1. The van der Waals surface area contributed by atoms with Crippen molar-refractivity contribution in [2.75, 3.05) is 5.32 Å². The summed E-state index contributed by atoms with van der Waals surface area (Å²) in [6, 6.07) is 19.6. The minimum Gasteiger partial charge on any atom is -0.505 e. The first kappa shape index (κ1) is 16.1. The molecule has 0 spiro atoms. The van der Waals surface area contributed by atoms with Gasteiger partial charge in [-0.1, -0.05) is 35.9 Å². The van der Waals surface area contributed by atoms with Crippen molar-refractivity contribution < 1.29 is 5.11 Å². The van der Waals surface area contributed by atoms with Crippen LogP contribution in [-0.4, -0.2) is 15.1 Å². The van der Waals surface area contributed by atoms with Gasteiger partial charge in [0.1, 0.15) is 11.3 Å². The second kappa shape index (κ2) is 6.84. The number of pyridine rings is 2. The van der Waals surface area contributed by atoms with E-state index in [-0.39, 0.29) is 11.8 Å². The smallest absolute Gasteiger partial charge is 0.147 e. The van der Waals surface area contributed by atoms with E-state index in [1.165, 1.54) is 5.56 Å². The molecule has 4 aromatic rings. The Labute approximate surface area is 152 Å². The zero-order valence-electron chi connectivity index (χ0n) is 14.4. The highest BCUT2D eigenvalue weighted by Gasteiger charge is 2.19. The van der Waals surface area contributed by atoms with Gasteiger partial charge >= 0.3 is 0 Å². The summed E-state index contributed by atoms with van der Waals surface area (Å²) in [5.41, 5.74) is 4.59. The van der Waals surface area contributed by atoms with Crippen LogP contribution in [0, 0.1) is 6.92 Å². The Hall–Kier alpha value is -3.40. The lowest BCUT2D eigenvalue weighted by atomic mass is 9.96. The van der Waals surface area contributed by atoms with Crippen molar-refractivity contribution in [1.82, 2.24) is 9.97 Å². The Balaban J connectivity index is 1.83. The fourth-order valence-electron chi connectivity index (χ4n) is 3.09. The minimum atomic E-state index is -0.216. The highest BCUT2D eigenvalue weighted by Crippen LogP contribution is 2.36. The number of phenols is 1. The molecule has 4 heteroatoms. The number of nitrogens with zero attached hydrogens (tertiary/aromatic N) is 2. The van der Waals surface area contributed by atoms with Crippen LogP contribution >= 0.6 is 0 Å². The van der Waals surface area contributed by atoms with Crippen LogP contribution in [0.1, 0.15) is 22.7 Å². The van der Waals surface area contributed by atoms with E-state index in [9.17, 15) is 5.11 Å². The molecular weight excluding hydrogens is 322 g/mol. The van der Waals surface area contributed by atoms with Crippen molar-refractivity contribution >= 4 is 16.6 Å². The van der Waals surface area contributed by atoms with Gasteiger partial charge in [0.2, 0.25) is 0 Å². The predicted octanol–water partition coefficient (Wildman–Crippen LogP) is 4.85. The number of hydrogen-bond donors (Lipinski definition) is 2. The first-order chi connectivity index (χ1) is 12.7. The maximum Gasteiger partial charge on any atom is 0.147 e. The lowest BCUT2D eigenvalue weighted by molar-refractivity contribution is 0.472. The van der Waals surface area contributed by atoms with Gasteiger partial charge in [-0.2, -0.15) is 0 Å². The van der Waals surface area contributed by atoms with E-state index < -0.39 is 0 Å². The molecule has 4 nitrogen and oxygen atoms in total. The van der Waals surface area contributed by atoms with Crippen molar-refractivity contribution in [3.8, 4) is 5.75 Å². The molecule has 2 N–H and O–H groups in total. The number of aromatic nitrogens is 2. The van der Waals surface area contributed by atoms with E-state index in [1.54, 1.807) is 18.6 Å². The standard InChI is InChI=1S/C22H19N3O/c1-15-4-7-18(8-5-15)25-20(17-10-13-23-14-11-17)19-9-6-16-3-2-12-24-21(16)22(19)26/h2-14,20,25-26H,1H3. The molecular formula is C22H19N3O. The van der Waals surface area contributed by atoms with E-state index in [1.807, 2.05) is 48.5 Å². The van der Waals surface area contributed by atoms with Crippen LogP contribution in [0.2, 0.25) is 0 Å². The highest BCUT2D eigenvalue weighted by atomic mass is 16.3. The third-order valence-electron chi connectivity index (χ3n) is 4.49. The van der Waals surface area contributed by atoms with Gasteiger partial charge in [-0.15, -0.1) is 0 Å². The van der Waals surface area contributed by atoms with Crippen molar-refractivity contribution in [3.63, 3.8) is 0 Å². The predicted molar refractivity (Wildman–Crippen MR) is 104 cm³/mol. The van der Waals surface area contributed by atoms with Crippen LogP contribution in [0.15, 0.2) is 79.3 Å². The van der Waals surface area contributed by atoms with Crippen molar-refractivity contribution in [1.29, 1.82) is 0 Å². The average molecular weight is 341 g/mol. The molecule has 0 aliphatic carbocycles. The topological polar surface area (TPSA) is 58.0 Å². The monoisotopic (exact) mass is 341 g/mol. The fraction of sp³-hybridized carbons (Fsp3) is 0.0909. The lowest BCUT2D eigenvalue weighted by Crippen LogP contribution is -2.13. The number of aryl methyl sites for hydroxylation is 1. The molecule has 2 aromatic heterocycles. The molecule has 128 valence electrons. The third-order valence-corrected chi connectivity index (χ3v) is 4.49. The zero-order valence-corrected chi connectivity index (χ0v) is 14.4. The van der Waals surface area contributed by atoms with Gasteiger partial charge in [0.05, 0.1) is 6.04 Å². The second-order valence-corrected chi connectivity index (χ2v) is 6.30. The number of fused-ring (bicyclic) bond motifs is 1. The van der Waals surface area contributed by atoms with E-state index in [0.29, 0.717) is 5.52 Å². The summed E-state index contributed by atoms with van der Waals surface area (Å²) >= 11 is 0. The molecule has 0 saturated heterocycles. The molecule has 0 aliphatic heterocycles. The molecule has 2 heterocycles. The molecule has 1 atom stereocenters. The van der Waals surface area contributed by atoms with Crippen molar-refractivity contribution in [2.24, 2.45) is 0 Å². The van der Waals surface area contributed by atoms with Crippen LogP contribution in [0.25, 0.3) is 10.9 Å². The summed E-state index contributed by atoms with van der Waals surface area (Å²) in [5.74, 6) is 0.199. The van der Waals surface area contributed by atoms with Gasteiger partial charge in [0.15, 0.2) is 0 Å². The first-order valence-electron chi connectivity index (χ1n) is 8.52. The Morgan fingerprint density at radius 3 is 2.42 bits per heavy atom. The molecule has 0 radical (unpaired) electrons. The molecule has 0 aliphatic rings. The van der Waals surface area contributed by atoms with Crippen LogP contribution < -0.4 is 5.32 Å². The normalized spacial score (nSPS) is 12.0. The van der Waals surface area contributed by atoms with Crippen molar-refractivity contribution in [2.45, 2.75) is 13.0 Å². The van der Waals surface area contributed by atoms with Crippen LogP contribution in [0.3, 0.4) is 0 Å². The average Bonchev–Trinajstić information content (AvgIpc) is 2.69. The van der Waals surface area contributed by atoms with Gasteiger partial charge in [0, 0.05) is 35.2 Å². The van der Waals surface area contributed by atoms with Gasteiger partial charge < -0.3 is 10.4 Å². The summed E-state index contributed by atoms with van der Waals surface area (Å²) in [4.78, 5) is 8.46. The Bertz CT molecular complexity index is 1030. The maximum atomic E-state index is 10.9. The quantitative estimate of drug-likeness (QED) is 0.557. The van der Waals surface area contributed by atoms with Crippen LogP contribution in [-0.2, 0) is 0 Å². The summed E-state index contributed by atoms with van der Waals surface area (Å²) in [7, 11) is 0. The fourth-order valence-corrected chi connectivity index (χ4v) is 3.09. The molecule has 0 bridgehead atoms. The molecule has 0 fully saturated rings. The number of nitrogens with one attached hydrogen (secondary N) is 1. The van der Waals surface area contributed by atoms with Gasteiger partial charge in [-0.05, 0) is 42.8 Å². The highest BCUT2D eigenvalue weighted by molar-refractivity contribution is 5.86. The number of anilines is 1.